The van der Waals surface area contributed by atoms with Gasteiger partial charge in [-0.3, -0.25) is 4.79 Å². The summed E-state index contributed by atoms with van der Waals surface area (Å²) in [6.07, 6.45) is 0. The van der Waals surface area contributed by atoms with E-state index in [2.05, 4.69) is 10.6 Å². The molecule has 0 unspecified atom stereocenters. The van der Waals surface area contributed by atoms with Crippen LogP contribution in [0.2, 0.25) is 0 Å². The molecule has 18 heavy (non-hydrogen) atoms. The summed E-state index contributed by atoms with van der Waals surface area (Å²) >= 11 is 5.08. The topological polar surface area (TPSA) is 50.4 Å². The van der Waals surface area contributed by atoms with E-state index in [4.69, 9.17) is 17.0 Å². The van der Waals surface area contributed by atoms with Gasteiger partial charge >= 0.3 is 0 Å². The van der Waals surface area contributed by atoms with Crippen LogP contribution < -0.4 is 15.4 Å². The number of rotatable bonds is 2. The van der Waals surface area contributed by atoms with Crippen LogP contribution in [0.5, 0.6) is 5.75 Å². The molecule has 0 aliphatic heterocycles. The molecule has 1 aromatic rings. The second kappa shape index (κ2) is 5.82. The van der Waals surface area contributed by atoms with Crippen molar-refractivity contribution >= 4 is 28.9 Å². The van der Waals surface area contributed by atoms with E-state index in [9.17, 15) is 4.79 Å². The van der Waals surface area contributed by atoms with Gasteiger partial charge in [0.1, 0.15) is 5.75 Å². The molecule has 0 fully saturated rings. The Morgan fingerprint density at radius 2 is 2.00 bits per heavy atom. The summed E-state index contributed by atoms with van der Waals surface area (Å²) in [5.41, 5.74) is 0.300. The largest absolute Gasteiger partial charge is 0.497 e. The van der Waals surface area contributed by atoms with Gasteiger partial charge in [-0.25, -0.2) is 0 Å². The molecule has 0 radical (unpaired) electrons. The maximum absolute atomic E-state index is 11.7. The number of benzene rings is 1. The van der Waals surface area contributed by atoms with Crippen molar-refractivity contribution in [3.63, 3.8) is 0 Å². The summed E-state index contributed by atoms with van der Waals surface area (Å²) < 4.78 is 5.10. The van der Waals surface area contributed by atoms with Crippen molar-refractivity contribution in [3.8, 4) is 5.75 Å². The van der Waals surface area contributed by atoms with Gasteiger partial charge in [-0.15, -0.1) is 0 Å². The summed E-state index contributed by atoms with van der Waals surface area (Å²) in [5.74, 6) is 0.604. The van der Waals surface area contributed by atoms with Gasteiger partial charge in [0.25, 0.3) is 0 Å². The van der Waals surface area contributed by atoms with Crippen LogP contribution in [-0.4, -0.2) is 18.1 Å². The second-order valence-corrected chi connectivity index (χ2v) is 5.30. The van der Waals surface area contributed by atoms with Crippen LogP contribution in [0.25, 0.3) is 0 Å². The minimum absolute atomic E-state index is 0.122. The molecule has 0 aromatic heterocycles. The van der Waals surface area contributed by atoms with Crippen LogP contribution in [0.4, 0.5) is 5.69 Å². The zero-order valence-corrected chi connectivity index (χ0v) is 11.9. The molecule has 0 spiro atoms. The van der Waals surface area contributed by atoms with Gasteiger partial charge in [-0.1, -0.05) is 26.8 Å². The van der Waals surface area contributed by atoms with Crippen molar-refractivity contribution in [1.29, 1.82) is 0 Å². The van der Waals surface area contributed by atoms with Crippen LogP contribution in [0.1, 0.15) is 20.8 Å². The Morgan fingerprint density at radius 3 is 2.56 bits per heavy atom. The molecule has 4 nitrogen and oxygen atoms in total. The van der Waals surface area contributed by atoms with Crippen LogP contribution >= 0.6 is 12.2 Å². The normalized spacial score (nSPS) is 10.7. The third-order valence-electron chi connectivity index (χ3n) is 2.24. The fraction of sp³-hybridized carbons (Fsp3) is 0.385. The minimum Gasteiger partial charge on any atom is -0.497 e. The maximum Gasteiger partial charge on any atom is 0.231 e. The van der Waals surface area contributed by atoms with Crippen LogP contribution in [0, 0.1) is 5.41 Å². The summed E-state index contributed by atoms with van der Waals surface area (Å²) in [5, 5.41) is 5.87. The van der Waals surface area contributed by atoms with E-state index in [0.717, 1.165) is 11.4 Å². The van der Waals surface area contributed by atoms with Crippen molar-refractivity contribution in [3.05, 3.63) is 24.3 Å². The lowest BCUT2D eigenvalue weighted by Gasteiger charge is -2.18. The number of hydrogen-bond acceptors (Lipinski definition) is 3. The number of anilines is 1. The van der Waals surface area contributed by atoms with Crippen molar-refractivity contribution in [2.75, 3.05) is 12.4 Å². The molecule has 2 N–H and O–H groups in total. The van der Waals surface area contributed by atoms with Gasteiger partial charge in [-0.05, 0) is 24.4 Å². The molecule has 5 heteroatoms. The first kappa shape index (κ1) is 14.4. The molecule has 0 saturated heterocycles. The zero-order chi connectivity index (χ0) is 13.8. The molecule has 0 bridgehead atoms. The highest BCUT2D eigenvalue weighted by atomic mass is 32.1. The Labute approximate surface area is 113 Å². The summed E-state index contributed by atoms with van der Waals surface area (Å²) in [6, 6.07) is 7.32. The van der Waals surface area contributed by atoms with Gasteiger partial charge in [0.2, 0.25) is 5.91 Å². The fourth-order valence-corrected chi connectivity index (χ4v) is 1.36. The number of carbonyl (C=O) groups is 1. The highest BCUT2D eigenvalue weighted by Gasteiger charge is 2.21. The standard InChI is InChI=1S/C13H18N2O2S/c1-13(2,3)11(16)15-12(18)14-9-6-5-7-10(8-9)17-4/h5-8H,1-4H3,(H2,14,15,16,18). The Kier molecular flexibility index (Phi) is 4.67. The van der Waals surface area contributed by atoms with Gasteiger partial charge in [0.15, 0.2) is 5.11 Å². The number of hydrogen-bond donors (Lipinski definition) is 2. The van der Waals surface area contributed by atoms with Gasteiger partial charge < -0.3 is 15.4 Å². The number of nitrogens with one attached hydrogen (secondary N) is 2. The van der Waals surface area contributed by atoms with Crippen LogP contribution in [0.3, 0.4) is 0 Å². The minimum atomic E-state index is -0.472. The first-order chi connectivity index (χ1) is 8.32. The number of ether oxygens (including phenoxy) is 1. The van der Waals surface area contributed by atoms with E-state index in [1.807, 2.05) is 39.0 Å². The molecule has 98 valence electrons. The van der Waals surface area contributed by atoms with Crippen molar-refractivity contribution in [2.24, 2.45) is 5.41 Å². The number of methoxy groups -OCH3 is 1. The third-order valence-corrected chi connectivity index (χ3v) is 2.44. The van der Waals surface area contributed by atoms with Crippen molar-refractivity contribution in [2.45, 2.75) is 20.8 Å². The Balaban J connectivity index is 2.62. The first-order valence-electron chi connectivity index (χ1n) is 5.59. The molecule has 0 heterocycles. The van der Waals surface area contributed by atoms with E-state index in [1.165, 1.54) is 0 Å². The second-order valence-electron chi connectivity index (χ2n) is 4.89. The van der Waals surface area contributed by atoms with E-state index < -0.39 is 5.41 Å². The van der Waals surface area contributed by atoms with Gasteiger partial charge in [0.05, 0.1) is 7.11 Å². The Hall–Kier alpha value is -1.62. The lowest BCUT2D eigenvalue weighted by Crippen LogP contribution is -2.41. The third kappa shape index (κ3) is 4.33. The molecular weight excluding hydrogens is 248 g/mol. The fourth-order valence-electron chi connectivity index (χ4n) is 1.15. The molecule has 0 saturated carbocycles. The van der Waals surface area contributed by atoms with Gasteiger partial charge in [0, 0.05) is 17.2 Å². The number of thiocarbonyl (C=S) groups is 1. The van der Waals surface area contributed by atoms with E-state index in [1.54, 1.807) is 13.2 Å². The molecule has 0 aliphatic rings. The molecule has 1 aromatic carbocycles. The quantitative estimate of drug-likeness (QED) is 0.808. The monoisotopic (exact) mass is 266 g/mol. The highest BCUT2D eigenvalue weighted by molar-refractivity contribution is 7.80. The van der Waals surface area contributed by atoms with Crippen LogP contribution in [-0.2, 0) is 4.79 Å². The summed E-state index contributed by atoms with van der Waals surface area (Å²) in [7, 11) is 1.60. The molecule has 0 atom stereocenters. The van der Waals surface area contributed by atoms with E-state index in [-0.39, 0.29) is 11.0 Å². The highest BCUT2D eigenvalue weighted by Crippen LogP contribution is 2.17. The van der Waals surface area contributed by atoms with Crippen molar-refractivity contribution < 1.29 is 9.53 Å². The summed E-state index contributed by atoms with van der Waals surface area (Å²) in [6.45, 7) is 5.49. The average Bonchev–Trinajstić information content (AvgIpc) is 2.27. The Morgan fingerprint density at radius 1 is 1.33 bits per heavy atom. The molecule has 0 aliphatic carbocycles. The predicted octanol–water partition coefficient (Wildman–Crippen LogP) is 2.55. The maximum atomic E-state index is 11.7. The average molecular weight is 266 g/mol. The predicted molar refractivity (Wildman–Crippen MR) is 76.8 cm³/mol. The lowest BCUT2D eigenvalue weighted by molar-refractivity contribution is -0.126. The molecular formula is C13H18N2O2S. The number of amides is 1. The molecule has 1 rings (SSSR count). The Bertz CT molecular complexity index is 453. The smallest absolute Gasteiger partial charge is 0.231 e. The molecule has 1 amide bonds. The SMILES string of the molecule is COc1cccc(NC(=S)NC(=O)C(C)(C)C)c1. The van der Waals surface area contributed by atoms with Crippen molar-refractivity contribution in [1.82, 2.24) is 5.32 Å². The van der Waals surface area contributed by atoms with E-state index in [0.29, 0.717) is 0 Å². The van der Waals surface area contributed by atoms with E-state index >= 15 is 0 Å². The number of carbonyl (C=O) groups excluding carboxylic acids is 1. The van der Waals surface area contributed by atoms with Gasteiger partial charge in [-0.2, -0.15) is 0 Å². The zero-order valence-electron chi connectivity index (χ0n) is 11.0. The first-order valence-corrected chi connectivity index (χ1v) is 6.00. The summed E-state index contributed by atoms with van der Waals surface area (Å²) in [4.78, 5) is 11.7. The lowest BCUT2D eigenvalue weighted by atomic mass is 9.96. The van der Waals surface area contributed by atoms with Crippen LogP contribution in [0.15, 0.2) is 24.3 Å².